The van der Waals surface area contributed by atoms with Gasteiger partial charge in [-0.15, -0.1) is 0 Å². The molecule has 0 aliphatic heterocycles. The molecule has 0 saturated carbocycles. The lowest BCUT2D eigenvalue weighted by Crippen LogP contribution is -2.28. The maximum atomic E-state index is 12.5. The summed E-state index contributed by atoms with van der Waals surface area (Å²) in [6, 6.07) is 14.0. The lowest BCUT2D eigenvalue weighted by molar-refractivity contribution is 0.414. The molecule has 0 spiro atoms. The molecule has 2 aromatic rings. The molecule has 0 fully saturated rings. The third kappa shape index (κ3) is 3.87. The van der Waals surface area contributed by atoms with E-state index < -0.39 is 10.0 Å². The van der Waals surface area contributed by atoms with Crippen molar-refractivity contribution >= 4 is 10.0 Å². The molecule has 22 heavy (non-hydrogen) atoms. The number of nitrogens with one attached hydrogen (secondary N) is 1. The first-order chi connectivity index (χ1) is 10.5. The summed E-state index contributed by atoms with van der Waals surface area (Å²) >= 11 is 0. The van der Waals surface area contributed by atoms with Crippen LogP contribution in [0.3, 0.4) is 0 Å². The lowest BCUT2D eigenvalue weighted by Gasteiger charge is -2.18. The molecule has 2 aromatic carbocycles. The summed E-state index contributed by atoms with van der Waals surface area (Å²) in [5.74, 6) is 0.629. The molecule has 0 bridgehead atoms. The minimum Gasteiger partial charge on any atom is -0.497 e. The molecule has 1 atom stereocenters. The Morgan fingerprint density at radius 1 is 1.05 bits per heavy atom. The van der Waals surface area contributed by atoms with Crippen molar-refractivity contribution in [1.29, 1.82) is 0 Å². The Morgan fingerprint density at radius 2 is 1.64 bits per heavy atom. The summed E-state index contributed by atoms with van der Waals surface area (Å²) in [5, 5.41) is 0. The number of rotatable bonds is 6. The number of aryl methyl sites for hydroxylation is 1. The quantitative estimate of drug-likeness (QED) is 0.887. The minimum absolute atomic E-state index is 0.235. The fourth-order valence-electron chi connectivity index (χ4n) is 2.20. The maximum Gasteiger partial charge on any atom is 0.241 e. The average molecular weight is 319 g/mol. The largest absolute Gasteiger partial charge is 0.497 e. The van der Waals surface area contributed by atoms with E-state index in [1.807, 2.05) is 38.1 Å². The molecule has 4 nitrogen and oxygen atoms in total. The van der Waals surface area contributed by atoms with Gasteiger partial charge < -0.3 is 4.74 Å². The molecule has 0 aliphatic carbocycles. The van der Waals surface area contributed by atoms with Gasteiger partial charge in [0.05, 0.1) is 12.0 Å². The van der Waals surface area contributed by atoms with Crippen LogP contribution in [0, 0.1) is 6.92 Å². The highest BCUT2D eigenvalue weighted by Gasteiger charge is 2.20. The summed E-state index contributed by atoms with van der Waals surface area (Å²) in [6.07, 6.45) is 0.679. The molecule has 0 aliphatic rings. The third-order valence-electron chi connectivity index (χ3n) is 3.56. The molecule has 118 valence electrons. The number of benzene rings is 2. The van der Waals surface area contributed by atoms with Crippen LogP contribution in [-0.4, -0.2) is 15.5 Å². The summed E-state index contributed by atoms with van der Waals surface area (Å²) in [4.78, 5) is 0.235. The van der Waals surface area contributed by atoms with Crippen molar-refractivity contribution in [2.75, 3.05) is 7.11 Å². The van der Waals surface area contributed by atoms with Crippen molar-refractivity contribution in [1.82, 2.24) is 4.72 Å². The van der Waals surface area contributed by atoms with Crippen LogP contribution in [0.4, 0.5) is 0 Å². The van der Waals surface area contributed by atoms with Crippen LogP contribution >= 0.6 is 0 Å². The first-order valence-electron chi connectivity index (χ1n) is 7.19. The lowest BCUT2D eigenvalue weighted by atomic mass is 10.0. The number of hydrogen-bond acceptors (Lipinski definition) is 3. The second kappa shape index (κ2) is 6.94. The summed E-state index contributed by atoms with van der Waals surface area (Å²) in [5.41, 5.74) is 2.11. The second-order valence-corrected chi connectivity index (χ2v) is 6.88. The van der Waals surface area contributed by atoms with E-state index >= 15 is 0 Å². The van der Waals surface area contributed by atoms with Gasteiger partial charge in [0.25, 0.3) is 0 Å². The van der Waals surface area contributed by atoms with E-state index in [9.17, 15) is 8.42 Å². The third-order valence-corrected chi connectivity index (χ3v) is 5.04. The second-order valence-electron chi connectivity index (χ2n) is 5.17. The predicted molar refractivity (Wildman–Crippen MR) is 87.5 cm³/mol. The van der Waals surface area contributed by atoms with Gasteiger partial charge in [-0.05, 0) is 43.2 Å². The molecule has 0 amide bonds. The summed E-state index contributed by atoms with van der Waals surface area (Å²) < 4.78 is 32.8. The van der Waals surface area contributed by atoms with E-state index in [2.05, 4.69) is 4.72 Å². The van der Waals surface area contributed by atoms with Crippen molar-refractivity contribution in [3.8, 4) is 5.75 Å². The summed E-state index contributed by atoms with van der Waals surface area (Å²) in [7, 11) is -2.01. The van der Waals surface area contributed by atoms with E-state index in [1.165, 1.54) is 0 Å². The molecule has 0 aromatic heterocycles. The molecular formula is C17H21NO3S. The van der Waals surface area contributed by atoms with Crippen LogP contribution < -0.4 is 9.46 Å². The van der Waals surface area contributed by atoms with E-state index in [0.29, 0.717) is 12.2 Å². The van der Waals surface area contributed by atoms with Crippen LogP contribution in [-0.2, 0) is 10.0 Å². The average Bonchev–Trinajstić information content (AvgIpc) is 2.53. The van der Waals surface area contributed by atoms with Gasteiger partial charge in [0, 0.05) is 6.04 Å². The molecule has 1 unspecified atom stereocenters. The molecule has 5 heteroatoms. The number of hydrogen-bond donors (Lipinski definition) is 1. The van der Waals surface area contributed by atoms with Crippen LogP contribution in [0.25, 0.3) is 0 Å². The first-order valence-corrected chi connectivity index (χ1v) is 8.67. The highest BCUT2D eigenvalue weighted by Crippen LogP contribution is 2.22. The smallest absolute Gasteiger partial charge is 0.241 e. The first kappa shape index (κ1) is 16.5. The number of methoxy groups -OCH3 is 1. The molecule has 1 N–H and O–H groups in total. The Labute approximate surface area is 132 Å². The van der Waals surface area contributed by atoms with Gasteiger partial charge in [-0.1, -0.05) is 36.8 Å². The highest BCUT2D eigenvalue weighted by molar-refractivity contribution is 7.89. The van der Waals surface area contributed by atoms with Gasteiger partial charge in [-0.2, -0.15) is 0 Å². The van der Waals surface area contributed by atoms with Gasteiger partial charge in [0.1, 0.15) is 5.75 Å². The molecule has 0 radical (unpaired) electrons. The highest BCUT2D eigenvalue weighted by atomic mass is 32.2. The van der Waals surface area contributed by atoms with Crippen molar-refractivity contribution in [3.05, 3.63) is 59.7 Å². The molecular weight excluding hydrogens is 298 g/mol. The fourth-order valence-corrected chi connectivity index (χ4v) is 3.50. The zero-order chi connectivity index (χ0) is 16.2. The number of sulfonamides is 1. The maximum absolute atomic E-state index is 12.5. The van der Waals surface area contributed by atoms with Gasteiger partial charge in [0.2, 0.25) is 10.0 Å². The van der Waals surface area contributed by atoms with E-state index in [4.69, 9.17) is 4.74 Å². The van der Waals surface area contributed by atoms with Gasteiger partial charge in [-0.3, -0.25) is 0 Å². The Morgan fingerprint density at radius 3 is 2.14 bits per heavy atom. The zero-order valence-electron chi connectivity index (χ0n) is 13.0. The minimum atomic E-state index is -3.56. The van der Waals surface area contributed by atoms with Crippen LogP contribution in [0.1, 0.15) is 30.5 Å². The van der Waals surface area contributed by atoms with E-state index in [1.54, 1.807) is 31.4 Å². The van der Waals surface area contributed by atoms with Crippen molar-refractivity contribution < 1.29 is 13.2 Å². The molecule has 0 heterocycles. The van der Waals surface area contributed by atoms with Gasteiger partial charge in [-0.25, -0.2) is 13.1 Å². The monoisotopic (exact) mass is 319 g/mol. The van der Waals surface area contributed by atoms with Gasteiger partial charge >= 0.3 is 0 Å². The van der Waals surface area contributed by atoms with Gasteiger partial charge in [0.15, 0.2) is 0 Å². The predicted octanol–water partition coefficient (Wildman–Crippen LogP) is 3.43. The van der Waals surface area contributed by atoms with E-state index in [0.717, 1.165) is 11.1 Å². The van der Waals surface area contributed by atoms with Crippen LogP contribution in [0.15, 0.2) is 53.4 Å². The van der Waals surface area contributed by atoms with Crippen molar-refractivity contribution in [2.24, 2.45) is 0 Å². The number of ether oxygens (including phenoxy) is 1. The SMILES string of the molecule is CCC(NS(=O)(=O)c1ccc(OC)cc1)c1ccc(C)cc1. The van der Waals surface area contributed by atoms with Crippen molar-refractivity contribution in [2.45, 2.75) is 31.2 Å². The Hall–Kier alpha value is -1.85. The Balaban J connectivity index is 2.23. The van der Waals surface area contributed by atoms with Crippen LogP contribution in [0.5, 0.6) is 5.75 Å². The molecule has 2 rings (SSSR count). The summed E-state index contributed by atoms with van der Waals surface area (Å²) in [6.45, 7) is 3.97. The van der Waals surface area contributed by atoms with Crippen molar-refractivity contribution in [3.63, 3.8) is 0 Å². The zero-order valence-corrected chi connectivity index (χ0v) is 13.9. The standard InChI is InChI=1S/C17H21NO3S/c1-4-17(14-7-5-13(2)6-8-14)18-22(19,20)16-11-9-15(21-3)10-12-16/h5-12,17-18H,4H2,1-3H3. The Bertz CT molecular complexity index is 707. The topological polar surface area (TPSA) is 55.4 Å². The Kier molecular flexibility index (Phi) is 5.21. The normalized spacial score (nSPS) is 12.9. The fraction of sp³-hybridized carbons (Fsp3) is 0.294. The van der Waals surface area contributed by atoms with E-state index in [-0.39, 0.29) is 10.9 Å². The molecule has 0 saturated heterocycles. The van der Waals surface area contributed by atoms with Crippen LogP contribution in [0.2, 0.25) is 0 Å².